The van der Waals surface area contributed by atoms with Crippen LogP contribution in [0.25, 0.3) is 10.9 Å². The van der Waals surface area contributed by atoms with Crippen molar-refractivity contribution in [1.29, 1.82) is 0 Å². The molecule has 0 spiro atoms. The van der Waals surface area contributed by atoms with Crippen LogP contribution in [0.4, 0.5) is 4.39 Å². The lowest BCUT2D eigenvalue weighted by Gasteiger charge is -2.07. The fraction of sp³-hybridized carbons (Fsp3) is 0.211. The Balaban J connectivity index is 1.44. The molecule has 0 unspecified atom stereocenters. The van der Waals surface area contributed by atoms with Gasteiger partial charge in [0.1, 0.15) is 11.5 Å². The van der Waals surface area contributed by atoms with E-state index in [2.05, 4.69) is 5.32 Å². The quantitative estimate of drug-likeness (QED) is 0.794. The van der Waals surface area contributed by atoms with Gasteiger partial charge in [-0.25, -0.2) is 4.39 Å². The molecule has 1 N–H and O–H groups in total. The van der Waals surface area contributed by atoms with Crippen LogP contribution in [0.3, 0.4) is 0 Å². The second kappa shape index (κ2) is 6.12. The van der Waals surface area contributed by atoms with Crippen LogP contribution in [0.5, 0.6) is 11.5 Å². The Morgan fingerprint density at radius 1 is 1.20 bits per heavy atom. The van der Waals surface area contributed by atoms with Crippen molar-refractivity contribution in [3.63, 3.8) is 0 Å². The lowest BCUT2D eigenvalue weighted by molar-refractivity contribution is 0.0946. The number of hydrogen-bond donors (Lipinski definition) is 1. The molecule has 0 atom stereocenters. The molecule has 0 aliphatic carbocycles. The zero-order chi connectivity index (χ0) is 17.4. The lowest BCUT2D eigenvalue weighted by atomic mass is 10.1. The summed E-state index contributed by atoms with van der Waals surface area (Å²) < 4.78 is 26.2. The van der Waals surface area contributed by atoms with Gasteiger partial charge in [0.05, 0.1) is 5.52 Å². The van der Waals surface area contributed by atoms with Gasteiger partial charge in [-0.2, -0.15) is 0 Å². The number of aryl methyl sites for hydroxylation is 1. The standard InChI is InChI=1S/C19H17FN2O3/c1-22-15-4-2-3-14(20)13(15)10-16(22)19(23)21-8-7-12-5-6-17-18(9-12)25-11-24-17/h2-6,9-10H,7-8,11H2,1H3,(H,21,23). The number of hydrogen-bond acceptors (Lipinski definition) is 3. The highest BCUT2D eigenvalue weighted by Crippen LogP contribution is 2.32. The van der Waals surface area contributed by atoms with Gasteiger partial charge in [-0.3, -0.25) is 4.79 Å². The van der Waals surface area contributed by atoms with Gasteiger partial charge < -0.3 is 19.4 Å². The van der Waals surface area contributed by atoms with E-state index >= 15 is 0 Å². The van der Waals surface area contributed by atoms with Crippen molar-refractivity contribution in [3.8, 4) is 11.5 Å². The second-order valence-electron chi connectivity index (χ2n) is 5.95. The van der Waals surface area contributed by atoms with Crippen molar-refractivity contribution >= 4 is 16.8 Å². The summed E-state index contributed by atoms with van der Waals surface area (Å²) in [7, 11) is 1.76. The number of benzene rings is 2. The number of ether oxygens (including phenoxy) is 2. The van der Waals surface area contributed by atoms with E-state index in [9.17, 15) is 9.18 Å². The van der Waals surface area contributed by atoms with Gasteiger partial charge in [-0.1, -0.05) is 12.1 Å². The maximum absolute atomic E-state index is 13.9. The SMILES string of the molecule is Cn1c(C(=O)NCCc2ccc3c(c2)OCO3)cc2c(F)cccc21. The summed E-state index contributed by atoms with van der Waals surface area (Å²) in [4.78, 5) is 12.4. The molecule has 2 aromatic carbocycles. The number of aromatic nitrogens is 1. The molecule has 25 heavy (non-hydrogen) atoms. The van der Waals surface area contributed by atoms with Crippen molar-refractivity contribution in [1.82, 2.24) is 9.88 Å². The predicted molar refractivity (Wildman–Crippen MR) is 91.5 cm³/mol. The van der Waals surface area contributed by atoms with Gasteiger partial charge in [-0.15, -0.1) is 0 Å². The van der Waals surface area contributed by atoms with Crippen molar-refractivity contribution in [3.05, 3.63) is 59.5 Å². The van der Waals surface area contributed by atoms with E-state index in [0.29, 0.717) is 29.6 Å². The molecule has 0 bridgehead atoms. The van der Waals surface area contributed by atoms with E-state index in [1.165, 1.54) is 6.07 Å². The lowest BCUT2D eigenvalue weighted by Crippen LogP contribution is -2.27. The molecule has 1 aromatic heterocycles. The van der Waals surface area contributed by atoms with E-state index < -0.39 is 0 Å². The second-order valence-corrected chi connectivity index (χ2v) is 5.95. The number of carbonyl (C=O) groups excluding carboxylic acids is 1. The minimum absolute atomic E-state index is 0.223. The van der Waals surface area contributed by atoms with Crippen LogP contribution in [0.2, 0.25) is 0 Å². The molecular weight excluding hydrogens is 323 g/mol. The zero-order valence-electron chi connectivity index (χ0n) is 13.7. The first-order valence-corrected chi connectivity index (χ1v) is 8.04. The normalized spacial score (nSPS) is 12.6. The summed E-state index contributed by atoms with van der Waals surface area (Å²) in [5, 5.41) is 3.33. The van der Waals surface area contributed by atoms with Crippen LogP contribution < -0.4 is 14.8 Å². The van der Waals surface area contributed by atoms with Crippen molar-refractivity contribution < 1.29 is 18.7 Å². The topological polar surface area (TPSA) is 52.5 Å². The highest BCUT2D eigenvalue weighted by molar-refractivity contribution is 5.98. The van der Waals surface area contributed by atoms with Gasteiger partial charge in [0.2, 0.25) is 6.79 Å². The molecule has 1 aliphatic rings. The molecule has 4 rings (SSSR count). The smallest absolute Gasteiger partial charge is 0.267 e. The summed E-state index contributed by atoms with van der Waals surface area (Å²) in [6, 6.07) is 12.1. The average Bonchev–Trinajstić information content (AvgIpc) is 3.20. The van der Waals surface area contributed by atoms with Crippen LogP contribution in [0.1, 0.15) is 16.1 Å². The maximum atomic E-state index is 13.9. The number of nitrogens with zero attached hydrogens (tertiary/aromatic N) is 1. The fourth-order valence-electron chi connectivity index (χ4n) is 3.05. The van der Waals surface area contributed by atoms with E-state index in [4.69, 9.17) is 9.47 Å². The largest absolute Gasteiger partial charge is 0.454 e. The zero-order valence-corrected chi connectivity index (χ0v) is 13.7. The Kier molecular flexibility index (Phi) is 3.80. The highest BCUT2D eigenvalue weighted by Gasteiger charge is 2.16. The van der Waals surface area contributed by atoms with Crippen LogP contribution in [0, 0.1) is 5.82 Å². The Hall–Kier alpha value is -3.02. The van der Waals surface area contributed by atoms with Gasteiger partial charge in [0.25, 0.3) is 5.91 Å². The third-order valence-corrected chi connectivity index (χ3v) is 4.40. The minimum Gasteiger partial charge on any atom is -0.454 e. The Morgan fingerprint density at radius 3 is 2.88 bits per heavy atom. The van der Waals surface area contributed by atoms with Crippen molar-refractivity contribution in [2.24, 2.45) is 7.05 Å². The number of carbonyl (C=O) groups is 1. The summed E-state index contributed by atoms with van der Waals surface area (Å²) in [5.41, 5.74) is 2.18. The number of nitrogens with one attached hydrogen (secondary N) is 1. The first kappa shape index (κ1) is 15.5. The van der Waals surface area contributed by atoms with E-state index in [-0.39, 0.29) is 18.5 Å². The highest BCUT2D eigenvalue weighted by atomic mass is 19.1. The predicted octanol–water partition coefficient (Wildman–Crippen LogP) is 3.02. The fourth-order valence-corrected chi connectivity index (χ4v) is 3.05. The molecule has 0 saturated carbocycles. The van der Waals surface area contributed by atoms with Crippen LogP contribution >= 0.6 is 0 Å². The van der Waals surface area contributed by atoms with Gasteiger partial charge >= 0.3 is 0 Å². The summed E-state index contributed by atoms with van der Waals surface area (Å²) >= 11 is 0. The monoisotopic (exact) mass is 340 g/mol. The third kappa shape index (κ3) is 2.80. The summed E-state index contributed by atoms with van der Waals surface area (Å²) in [5.74, 6) is 0.921. The Morgan fingerprint density at radius 2 is 2.04 bits per heavy atom. The summed E-state index contributed by atoms with van der Waals surface area (Å²) in [6.07, 6.45) is 0.667. The van der Waals surface area contributed by atoms with Gasteiger partial charge in [-0.05, 0) is 42.3 Å². The molecule has 5 nitrogen and oxygen atoms in total. The minimum atomic E-state index is -0.326. The van der Waals surface area contributed by atoms with Crippen molar-refractivity contribution in [2.75, 3.05) is 13.3 Å². The number of halogens is 1. The molecule has 3 aromatic rings. The first-order chi connectivity index (χ1) is 12.1. The molecule has 1 aliphatic heterocycles. The summed E-state index contributed by atoms with van der Waals surface area (Å²) in [6.45, 7) is 0.718. The number of rotatable bonds is 4. The van der Waals surface area contributed by atoms with Crippen LogP contribution in [0.15, 0.2) is 42.5 Å². The molecule has 1 amide bonds. The average molecular weight is 340 g/mol. The van der Waals surface area contributed by atoms with Gasteiger partial charge in [0, 0.05) is 19.0 Å². The van der Waals surface area contributed by atoms with E-state index in [0.717, 1.165) is 17.1 Å². The van der Waals surface area contributed by atoms with E-state index in [1.807, 2.05) is 18.2 Å². The van der Waals surface area contributed by atoms with E-state index in [1.54, 1.807) is 29.8 Å². The first-order valence-electron chi connectivity index (χ1n) is 8.04. The van der Waals surface area contributed by atoms with Crippen LogP contribution in [-0.4, -0.2) is 23.8 Å². The molecular formula is C19H17FN2O3. The molecule has 2 heterocycles. The molecule has 128 valence electrons. The molecule has 6 heteroatoms. The Bertz CT molecular complexity index is 965. The third-order valence-electron chi connectivity index (χ3n) is 4.40. The molecule has 0 radical (unpaired) electrons. The number of fused-ring (bicyclic) bond motifs is 2. The number of amides is 1. The van der Waals surface area contributed by atoms with Crippen molar-refractivity contribution in [2.45, 2.75) is 6.42 Å². The maximum Gasteiger partial charge on any atom is 0.267 e. The molecule has 0 saturated heterocycles. The Labute approximate surface area is 144 Å². The van der Waals surface area contributed by atoms with Crippen LogP contribution in [-0.2, 0) is 13.5 Å². The molecule has 0 fully saturated rings. The van der Waals surface area contributed by atoms with Gasteiger partial charge in [0.15, 0.2) is 11.5 Å².